The van der Waals surface area contributed by atoms with Gasteiger partial charge in [0.05, 0.1) is 15.6 Å². The highest BCUT2D eigenvalue weighted by Gasteiger charge is 2.22. The number of nitrogens with one attached hydrogen (secondary N) is 1. The van der Waals surface area contributed by atoms with E-state index in [0.29, 0.717) is 0 Å². The average molecular weight is 264 g/mol. The second-order valence-corrected chi connectivity index (χ2v) is 5.70. The monoisotopic (exact) mass is 264 g/mol. The molecule has 0 aliphatic heterocycles. The van der Waals surface area contributed by atoms with Gasteiger partial charge in [-0.15, -0.1) is 11.3 Å². The lowest BCUT2D eigenvalue weighted by Crippen LogP contribution is -2.25. The summed E-state index contributed by atoms with van der Waals surface area (Å²) in [5, 5.41) is 4.68. The first-order chi connectivity index (χ1) is 8.63. The van der Waals surface area contributed by atoms with Gasteiger partial charge >= 0.3 is 0 Å². The van der Waals surface area contributed by atoms with Crippen LogP contribution in [0.15, 0.2) is 12.4 Å². The molecule has 2 aromatic heterocycles. The summed E-state index contributed by atoms with van der Waals surface area (Å²) >= 11 is 1.75. The average Bonchev–Trinajstić information content (AvgIpc) is 2.87. The van der Waals surface area contributed by atoms with Crippen molar-refractivity contribution in [3.05, 3.63) is 33.8 Å². The van der Waals surface area contributed by atoms with E-state index in [2.05, 4.69) is 40.6 Å². The number of hydrogen-bond donors (Lipinski definition) is 1. The molecule has 1 N–H and O–H groups in total. The first-order valence-electron chi connectivity index (χ1n) is 6.28. The predicted octanol–water partition coefficient (Wildman–Crippen LogP) is 2.58. The van der Waals surface area contributed by atoms with Gasteiger partial charge in [-0.1, -0.05) is 6.92 Å². The molecule has 4 nitrogen and oxygen atoms in total. The number of nitrogens with zero attached hydrogens (tertiary/aromatic N) is 3. The van der Waals surface area contributed by atoms with Gasteiger partial charge in [-0.3, -0.25) is 0 Å². The Hall–Kier alpha value is -1.20. The van der Waals surface area contributed by atoms with Crippen molar-refractivity contribution in [3.63, 3.8) is 0 Å². The maximum absolute atomic E-state index is 4.52. The lowest BCUT2D eigenvalue weighted by Gasteiger charge is -2.17. The molecular formula is C13H20N4S. The normalized spacial score (nSPS) is 12.9. The number of hydrogen-bond acceptors (Lipinski definition) is 4. The Labute approximate surface area is 112 Å². The summed E-state index contributed by atoms with van der Waals surface area (Å²) in [6.07, 6.45) is 4.94. The van der Waals surface area contributed by atoms with Crippen LogP contribution in [-0.2, 0) is 7.05 Å². The summed E-state index contributed by atoms with van der Waals surface area (Å²) in [5.74, 6) is 1.05. The van der Waals surface area contributed by atoms with Crippen molar-refractivity contribution in [2.45, 2.75) is 33.2 Å². The Bertz CT molecular complexity index is 515. The van der Waals surface area contributed by atoms with E-state index in [0.717, 1.165) is 29.5 Å². The summed E-state index contributed by atoms with van der Waals surface area (Å²) < 4.78 is 2.07. The van der Waals surface area contributed by atoms with Crippen molar-refractivity contribution in [1.29, 1.82) is 0 Å². The third kappa shape index (κ3) is 2.62. The number of thiazole rings is 1. The zero-order valence-electron chi connectivity index (χ0n) is 11.4. The Morgan fingerprint density at radius 2 is 2.22 bits per heavy atom. The molecular weight excluding hydrogens is 244 g/mol. The van der Waals surface area contributed by atoms with Gasteiger partial charge in [0.2, 0.25) is 0 Å². The fourth-order valence-electron chi connectivity index (χ4n) is 2.06. The molecule has 0 amide bonds. The Morgan fingerprint density at radius 3 is 2.72 bits per heavy atom. The smallest absolute Gasteiger partial charge is 0.131 e. The van der Waals surface area contributed by atoms with E-state index in [9.17, 15) is 0 Å². The molecule has 2 rings (SSSR count). The van der Waals surface area contributed by atoms with E-state index < -0.39 is 0 Å². The van der Waals surface area contributed by atoms with Gasteiger partial charge in [-0.05, 0) is 26.8 Å². The highest BCUT2D eigenvalue weighted by molar-refractivity contribution is 7.11. The van der Waals surface area contributed by atoms with Crippen LogP contribution in [0.4, 0.5) is 0 Å². The number of aryl methyl sites for hydroxylation is 3. The van der Waals surface area contributed by atoms with Crippen molar-refractivity contribution in [3.8, 4) is 0 Å². The van der Waals surface area contributed by atoms with Crippen molar-refractivity contribution in [2.75, 3.05) is 6.54 Å². The molecule has 0 bridgehead atoms. The molecule has 0 saturated carbocycles. The minimum Gasteiger partial charge on any atom is -0.336 e. The van der Waals surface area contributed by atoms with Crippen molar-refractivity contribution in [1.82, 2.24) is 19.9 Å². The fourth-order valence-corrected chi connectivity index (χ4v) is 3.06. The van der Waals surface area contributed by atoms with Gasteiger partial charge in [-0.25, -0.2) is 9.97 Å². The van der Waals surface area contributed by atoms with E-state index in [4.69, 9.17) is 0 Å². The van der Waals surface area contributed by atoms with Crippen LogP contribution >= 0.6 is 11.3 Å². The molecule has 0 spiro atoms. The molecule has 1 atom stereocenters. The Balaban J connectivity index is 2.37. The number of aromatic nitrogens is 3. The van der Waals surface area contributed by atoms with Gasteiger partial charge in [0.1, 0.15) is 11.9 Å². The fraction of sp³-hybridized carbons (Fsp3) is 0.538. The minimum atomic E-state index is 0.149. The number of imidazole rings is 1. The highest BCUT2D eigenvalue weighted by atomic mass is 32.1. The predicted molar refractivity (Wildman–Crippen MR) is 74.9 cm³/mol. The molecule has 0 aromatic carbocycles. The van der Waals surface area contributed by atoms with Crippen LogP contribution in [0.1, 0.15) is 40.8 Å². The molecule has 2 heterocycles. The maximum Gasteiger partial charge on any atom is 0.131 e. The van der Waals surface area contributed by atoms with Crippen LogP contribution in [0.25, 0.3) is 0 Å². The van der Waals surface area contributed by atoms with Crippen molar-refractivity contribution in [2.24, 2.45) is 7.05 Å². The van der Waals surface area contributed by atoms with Crippen LogP contribution in [0.5, 0.6) is 0 Å². The van der Waals surface area contributed by atoms with E-state index in [-0.39, 0.29) is 6.04 Å². The van der Waals surface area contributed by atoms with Crippen molar-refractivity contribution >= 4 is 11.3 Å². The topological polar surface area (TPSA) is 42.7 Å². The lowest BCUT2D eigenvalue weighted by atomic mass is 10.2. The van der Waals surface area contributed by atoms with Gasteiger partial charge in [0.25, 0.3) is 0 Å². The first kappa shape index (κ1) is 13.2. The quantitative estimate of drug-likeness (QED) is 0.902. The van der Waals surface area contributed by atoms with Gasteiger partial charge < -0.3 is 9.88 Å². The van der Waals surface area contributed by atoms with Crippen LogP contribution < -0.4 is 5.32 Å². The molecule has 0 aliphatic rings. The third-order valence-electron chi connectivity index (χ3n) is 2.92. The van der Waals surface area contributed by atoms with E-state index in [1.54, 1.807) is 11.3 Å². The van der Waals surface area contributed by atoms with Crippen molar-refractivity contribution < 1.29 is 0 Å². The van der Waals surface area contributed by atoms with Crippen LogP contribution in [0.2, 0.25) is 0 Å². The lowest BCUT2D eigenvalue weighted by molar-refractivity contribution is 0.559. The molecule has 0 aliphatic carbocycles. The minimum absolute atomic E-state index is 0.149. The van der Waals surface area contributed by atoms with Crippen LogP contribution in [0, 0.1) is 13.8 Å². The summed E-state index contributed by atoms with van der Waals surface area (Å²) in [5.41, 5.74) is 1.11. The Morgan fingerprint density at radius 1 is 1.44 bits per heavy atom. The molecule has 2 aromatic rings. The highest BCUT2D eigenvalue weighted by Crippen LogP contribution is 2.28. The number of rotatable bonds is 5. The second kappa shape index (κ2) is 5.63. The molecule has 0 saturated heterocycles. The van der Waals surface area contributed by atoms with Gasteiger partial charge in [0.15, 0.2) is 0 Å². The SMILES string of the molecule is CCCNC(c1sc(C)nc1C)c1nccn1C. The molecule has 18 heavy (non-hydrogen) atoms. The molecule has 0 fully saturated rings. The first-order valence-corrected chi connectivity index (χ1v) is 7.09. The zero-order chi connectivity index (χ0) is 13.1. The van der Waals surface area contributed by atoms with Crippen LogP contribution in [0.3, 0.4) is 0 Å². The van der Waals surface area contributed by atoms with Gasteiger partial charge in [-0.2, -0.15) is 0 Å². The summed E-state index contributed by atoms with van der Waals surface area (Å²) in [6.45, 7) is 7.28. The molecule has 5 heteroatoms. The third-order valence-corrected chi connectivity index (χ3v) is 4.05. The molecule has 1 unspecified atom stereocenters. The zero-order valence-corrected chi connectivity index (χ0v) is 12.2. The van der Waals surface area contributed by atoms with Crippen LogP contribution in [-0.4, -0.2) is 21.1 Å². The van der Waals surface area contributed by atoms with E-state index >= 15 is 0 Å². The Kier molecular flexibility index (Phi) is 4.14. The maximum atomic E-state index is 4.52. The summed E-state index contributed by atoms with van der Waals surface area (Å²) in [6, 6.07) is 0.149. The summed E-state index contributed by atoms with van der Waals surface area (Å²) in [7, 11) is 2.03. The largest absolute Gasteiger partial charge is 0.336 e. The van der Waals surface area contributed by atoms with E-state index in [1.807, 2.05) is 19.4 Å². The van der Waals surface area contributed by atoms with E-state index in [1.165, 1.54) is 4.88 Å². The second-order valence-electron chi connectivity index (χ2n) is 4.47. The molecule has 0 radical (unpaired) electrons. The van der Waals surface area contributed by atoms with Gasteiger partial charge in [0, 0.05) is 19.4 Å². The molecule has 98 valence electrons. The summed E-state index contributed by atoms with van der Waals surface area (Å²) in [4.78, 5) is 10.3. The standard InChI is InChI=1S/C13H20N4S/c1-5-6-14-11(13-15-7-8-17(13)4)12-9(2)16-10(3)18-12/h7-8,11,14H,5-6H2,1-4H3.